The molecule has 1 heterocycles. The van der Waals surface area contributed by atoms with Gasteiger partial charge in [0.2, 0.25) is 6.41 Å². The lowest BCUT2D eigenvalue weighted by atomic mass is 10.0. The molecular formula is C8H16N2O2. The van der Waals surface area contributed by atoms with Crippen LogP contribution in [0.25, 0.3) is 0 Å². The van der Waals surface area contributed by atoms with Gasteiger partial charge in [-0.05, 0) is 20.0 Å². The molecule has 0 aromatic heterocycles. The van der Waals surface area contributed by atoms with E-state index in [0.29, 0.717) is 0 Å². The zero-order valence-electron chi connectivity index (χ0n) is 7.62. The van der Waals surface area contributed by atoms with Gasteiger partial charge in [-0.3, -0.25) is 4.79 Å². The van der Waals surface area contributed by atoms with Crippen LogP contribution in [0.3, 0.4) is 0 Å². The molecule has 0 bridgehead atoms. The number of amides is 1. The molecule has 1 aliphatic rings. The standard InChI is InChI=1S/C8H16N2O2/c1-10-4-3-7(9-6-11)8(5-10)12-2/h6-8H,3-5H2,1-2H3,(H,9,11). The van der Waals surface area contributed by atoms with E-state index in [1.165, 1.54) is 0 Å². The Balaban J connectivity index is 2.44. The van der Waals surface area contributed by atoms with Crippen LogP contribution in [0, 0.1) is 0 Å². The Labute approximate surface area is 72.9 Å². The van der Waals surface area contributed by atoms with E-state index in [4.69, 9.17) is 4.74 Å². The van der Waals surface area contributed by atoms with Crippen molar-refractivity contribution < 1.29 is 9.53 Å². The predicted molar refractivity (Wildman–Crippen MR) is 45.9 cm³/mol. The Bertz CT molecular complexity index is 152. The van der Waals surface area contributed by atoms with Crippen molar-refractivity contribution in [2.24, 2.45) is 0 Å². The summed E-state index contributed by atoms with van der Waals surface area (Å²) in [7, 11) is 3.74. The number of nitrogens with zero attached hydrogens (tertiary/aromatic N) is 1. The Kier molecular flexibility index (Phi) is 3.49. The van der Waals surface area contributed by atoms with Crippen LogP contribution in [0.1, 0.15) is 6.42 Å². The molecule has 1 rings (SSSR count). The summed E-state index contributed by atoms with van der Waals surface area (Å²) in [5.41, 5.74) is 0. The Morgan fingerprint density at radius 3 is 3.00 bits per heavy atom. The minimum absolute atomic E-state index is 0.133. The lowest BCUT2D eigenvalue weighted by Gasteiger charge is -2.35. The first kappa shape index (κ1) is 9.48. The Morgan fingerprint density at radius 2 is 2.42 bits per heavy atom. The van der Waals surface area contributed by atoms with Crippen LogP contribution in [-0.2, 0) is 9.53 Å². The van der Waals surface area contributed by atoms with Crippen molar-refractivity contribution in [2.75, 3.05) is 27.2 Å². The van der Waals surface area contributed by atoms with Crippen molar-refractivity contribution in [3.63, 3.8) is 0 Å². The fourth-order valence-corrected chi connectivity index (χ4v) is 1.59. The highest BCUT2D eigenvalue weighted by Gasteiger charge is 2.26. The van der Waals surface area contributed by atoms with E-state index in [-0.39, 0.29) is 12.1 Å². The first-order valence-electron chi connectivity index (χ1n) is 4.19. The van der Waals surface area contributed by atoms with E-state index in [1.807, 2.05) is 0 Å². The van der Waals surface area contributed by atoms with Gasteiger partial charge in [-0.25, -0.2) is 0 Å². The molecule has 2 unspecified atom stereocenters. The molecule has 0 radical (unpaired) electrons. The van der Waals surface area contributed by atoms with Crippen molar-refractivity contribution in [1.82, 2.24) is 10.2 Å². The molecule has 4 nitrogen and oxygen atoms in total. The number of methoxy groups -OCH3 is 1. The van der Waals surface area contributed by atoms with Crippen LogP contribution in [-0.4, -0.2) is 50.7 Å². The molecule has 1 N–H and O–H groups in total. The Morgan fingerprint density at radius 1 is 1.67 bits per heavy atom. The molecule has 0 aliphatic carbocycles. The van der Waals surface area contributed by atoms with Gasteiger partial charge in [0.05, 0.1) is 12.1 Å². The van der Waals surface area contributed by atoms with Crippen LogP contribution in [0.4, 0.5) is 0 Å². The molecule has 4 heteroatoms. The highest BCUT2D eigenvalue weighted by atomic mass is 16.5. The minimum Gasteiger partial charge on any atom is -0.378 e. The van der Waals surface area contributed by atoms with Crippen LogP contribution >= 0.6 is 0 Å². The number of piperidine rings is 1. The van der Waals surface area contributed by atoms with Crippen LogP contribution in [0.2, 0.25) is 0 Å². The first-order valence-corrected chi connectivity index (χ1v) is 4.19. The summed E-state index contributed by atoms with van der Waals surface area (Å²) >= 11 is 0. The van der Waals surface area contributed by atoms with Gasteiger partial charge in [0, 0.05) is 13.7 Å². The normalized spacial score (nSPS) is 31.5. The van der Waals surface area contributed by atoms with E-state index in [0.717, 1.165) is 25.9 Å². The van der Waals surface area contributed by atoms with E-state index in [2.05, 4.69) is 17.3 Å². The number of nitrogens with one attached hydrogen (secondary N) is 1. The average Bonchev–Trinajstić information content (AvgIpc) is 2.08. The second-order valence-corrected chi connectivity index (χ2v) is 3.22. The van der Waals surface area contributed by atoms with E-state index in [9.17, 15) is 4.79 Å². The third-order valence-corrected chi connectivity index (χ3v) is 2.35. The summed E-state index contributed by atoms with van der Waals surface area (Å²) in [4.78, 5) is 12.4. The summed E-state index contributed by atoms with van der Waals surface area (Å²) in [6, 6.07) is 0.184. The van der Waals surface area contributed by atoms with Crippen molar-refractivity contribution in [1.29, 1.82) is 0 Å². The molecule has 0 aromatic carbocycles. The lowest BCUT2D eigenvalue weighted by Crippen LogP contribution is -2.51. The number of likely N-dealkylation sites (tertiary alicyclic amines) is 1. The molecule has 0 spiro atoms. The number of carbonyl (C=O) groups is 1. The molecule has 0 saturated carbocycles. The third-order valence-electron chi connectivity index (χ3n) is 2.35. The van der Waals surface area contributed by atoms with Gasteiger partial charge in [-0.15, -0.1) is 0 Å². The largest absolute Gasteiger partial charge is 0.378 e. The second-order valence-electron chi connectivity index (χ2n) is 3.22. The van der Waals surface area contributed by atoms with Crippen LogP contribution in [0.15, 0.2) is 0 Å². The van der Waals surface area contributed by atoms with Gasteiger partial charge in [0.1, 0.15) is 0 Å². The van der Waals surface area contributed by atoms with Crippen molar-refractivity contribution in [3.8, 4) is 0 Å². The molecule has 2 atom stereocenters. The highest BCUT2D eigenvalue weighted by Crippen LogP contribution is 2.11. The number of hydrogen-bond donors (Lipinski definition) is 1. The van der Waals surface area contributed by atoms with Gasteiger partial charge in [0.25, 0.3) is 0 Å². The average molecular weight is 172 g/mol. The summed E-state index contributed by atoms with van der Waals surface area (Å²) in [6.07, 6.45) is 1.85. The topological polar surface area (TPSA) is 41.6 Å². The monoisotopic (exact) mass is 172 g/mol. The van der Waals surface area contributed by atoms with Gasteiger partial charge < -0.3 is 15.0 Å². The number of carbonyl (C=O) groups excluding carboxylic acids is 1. The molecule has 1 aliphatic heterocycles. The van der Waals surface area contributed by atoms with E-state index < -0.39 is 0 Å². The molecule has 1 saturated heterocycles. The fraction of sp³-hybridized carbons (Fsp3) is 0.875. The summed E-state index contributed by atoms with van der Waals surface area (Å²) in [5.74, 6) is 0. The zero-order chi connectivity index (χ0) is 8.97. The quantitative estimate of drug-likeness (QED) is 0.581. The zero-order valence-corrected chi connectivity index (χ0v) is 7.62. The number of likely N-dealkylation sites (N-methyl/N-ethyl adjacent to an activating group) is 1. The number of rotatable bonds is 3. The summed E-state index contributed by atoms with van der Waals surface area (Å²) in [5, 5.41) is 2.77. The van der Waals surface area contributed by atoms with Crippen LogP contribution in [0.5, 0.6) is 0 Å². The van der Waals surface area contributed by atoms with Gasteiger partial charge in [-0.2, -0.15) is 0 Å². The Hall–Kier alpha value is -0.610. The maximum absolute atomic E-state index is 10.2. The van der Waals surface area contributed by atoms with Crippen LogP contribution < -0.4 is 5.32 Å². The maximum Gasteiger partial charge on any atom is 0.207 e. The summed E-state index contributed by atoms with van der Waals surface area (Å²) in [6.45, 7) is 1.91. The molecule has 1 amide bonds. The number of ether oxygens (including phenoxy) is 1. The third kappa shape index (κ3) is 2.19. The van der Waals surface area contributed by atoms with Crippen molar-refractivity contribution in [2.45, 2.75) is 18.6 Å². The van der Waals surface area contributed by atoms with E-state index in [1.54, 1.807) is 7.11 Å². The maximum atomic E-state index is 10.2. The van der Waals surface area contributed by atoms with Gasteiger partial charge >= 0.3 is 0 Å². The van der Waals surface area contributed by atoms with Crippen molar-refractivity contribution in [3.05, 3.63) is 0 Å². The second kappa shape index (κ2) is 4.42. The molecular weight excluding hydrogens is 156 g/mol. The first-order chi connectivity index (χ1) is 5.77. The summed E-state index contributed by atoms with van der Waals surface area (Å²) < 4.78 is 5.26. The van der Waals surface area contributed by atoms with Gasteiger partial charge in [-0.1, -0.05) is 0 Å². The predicted octanol–water partition coefficient (Wildman–Crippen LogP) is -0.548. The molecule has 12 heavy (non-hydrogen) atoms. The fourth-order valence-electron chi connectivity index (χ4n) is 1.59. The van der Waals surface area contributed by atoms with Crippen molar-refractivity contribution >= 4 is 6.41 Å². The molecule has 1 fully saturated rings. The minimum atomic E-state index is 0.133. The smallest absolute Gasteiger partial charge is 0.207 e. The SMILES string of the molecule is COC1CN(C)CCC1NC=O. The highest BCUT2D eigenvalue weighted by molar-refractivity contribution is 5.46. The lowest BCUT2D eigenvalue weighted by molar-refractivity contribution is -0.111. The molecule has 0 aromatic rings. The van der Waals surface area contributed by atoms with Gasteiger partial charge in [0.15, 0.2) is 0 Å². The number of hydrogen-bond acceptors (Lipinski definition) is 3. The molecule has 70 valence electrons. The van der Waals surface area contributed by atoms with E-state index >= 15 is 0 Å².